The lowest BCUT2D eigenvalue weighted by Gasteiger charge is -2.30. The van der Waals surface area contributed by atoms with E-state index < -0.39 is 11.0 Å². The third kappa shape index (κ3) is 4.37. The highest BCUT2D eigenvalue weighted by atomic mass is 19.1. The van der Waals surface area contributed by atoms with Gasteiger partial charge in [-0.15, -0.1) is 0 Å². The molecule has 1 heterocycles. The van der Waals surface area contributed by atoms with Gasteiger partial charge in [-0.1, -0.05) is 30.7 Å². The van der Waals surface area contributed by atoms with Crippen molar-refractivity contribution >= 4 is 23.2 Å². The van der Waals surface area contributed by atoms with Crippen molar-refractivity contribution in [1.29, 1.82) is 0 Å². The molecular weight excluding hydrogens is 415 g/mol. The summed E-state index contributed by atoms with van der Waals surface area (Å²) in [6.07, 6.45) is 3.01. The molecule has 166 valence electrons. The summed E-state index contributed by atoms with van der Waals surface area (Å²) in [5.74, 6) is -0.851. The molecular formula is C23H23FN4O4. The lowest BCUT2D eigenvalue weighted by molar-refractivity contribution is -0.385. The molecule has 0 aromatic heterocycles. The van der Waals surface area contributed by atoms with E-state index in [4.69, 9.17) is 0 Å². The quantitative estimate of drug-likeness (QED) is 0.508. The number of rotatable bonds is 6. The molecule has 1 aliphatic carbocycles. The number of hydrogen-bond acceptors (Lipinski definition) is 5. The van der Waals surface area contributed by atoms with E-state index in [-0.39, 0.29) is 35.8 Å². The van der Waals surface area contributed by atoms with Crippen molar-refractivity contribution in [1.82, 2.24) is 9.91 Å². The van der Waals surface area contributed by atoms with Crippen LogP contribution in [0.15, 0.2) is 53.6 Å². The van der Waals surface area contributed by atoms with Gasteiger partial charge in [0.25, 0.3) is 11.6 Å². The lowest BCUT2D eigenvalue weighted by atomic mass is 9.84. The van der Waals surface area contributed by atoms with Crippen LogP contribution >= 0.6 is 0 Å². The van der Waals surface area contributed by atoms with E-state index in [9.17, 15) is 24.1 Å². The first kappa shape index (κ1) is 21.6. The van der Waals surface area contributed by atoms with Crippen LogP contribution < -0.4 is 0 Å². The highest BCUT2D eigenvalue weighted by Gasteiger charge is 2.35. The minimum atomic E-state index is -0.561. The van der Waals surface area contributed by atoms with Crippen LogP contribution in [0.3, 0.4) is 0 Å². The average Bonchev–Trinajstić information content (AvgIpc) is 3.18. The normalized spacial score (nSPS) is 18.1. The number of carbonyl (C=O) groups excluding carboxylic acids is 2. The van der Waals surface area contributed by atoms with Gasteiger partial charge >= 0.3 is 0 Å². The fraction of sp³-hybridized carbons (Fsp3) is 0.348. The molecule has 32 heavy (non-hydrogen) atoms. The number of benzene rings is 2. The summed E-state index contributed by atoms with van der Waals surface area (Å²) >= 11 is 0. The zero-order valence-corrected chi connectivity index (χ0v) is 17.6. The summed E-state index contributed by atoms with van der Waals surface area (Å²) in [5, 5.41) is 17.0. The number of carbonyl (C=O) groups is 2. The van der Waals surface area contributed by atoms with E-state index in [1.807, 2.05) is 0 Å². The topological polar surface area (TPSA) is 96.1 Å². The molecule has 9 heteroatoms. The molecule has 2 aromatic carbocycles. The van der Waals surface area contributed by atoms with Gasteiger partial charge in [0.2, 0.25) is 5.91 Å². The Morgan fingerprint density at radius 1 is 1.22 bits per heavy atom. The summed E-state index contributed by atoms with van der Waals surface area (Å²) in [7, 11) is 1.60. The number of hydrogen-bond donors (Lipinski definition) is 0. The third-order valence-corrected chi connectivity index (χ3v) is 6.01. The molecule has 8 nitrogen and oxygen atoms in total. The highest BCUT2D eigenvalue weighted by molar-refractivity contribution is 6.03. The van der Waals surface area contributed by atoms with Crippen LogP contribution in [0.4, 0.5) is 10.1 Å². The number of hydrazone groups is 1. The average molecular weight is 438 g/mol. The van der Waals surface area contributed by atoms with E-state index in [1.165, 1.54) is 34.2 Å². The lowest BCUT2D eigenvalue weighted by Crippen LogP contribution is -2.42. The van der Waals surface area contributed by atoms with Crippen LogP contribution in [0.2, 0.25) is 0 Å². The van der Waals surface area contributed by atoms with Crippen molar-refractivity contribution in [2.45, 2.75) is 31.7 Å². The van der Waals surface area contributed by atoms with Gasteiger partial charge in [0.05, 0.1) is 16.7 Å². The first-order chi connectivity index (χ1) is 15.3. The minimum Gasteiger partial charge on any atom is -0.336 e. The fourth-order valence-corrected chi connectivity index (χ4v) is 3.98. The number of halogens is 1. The predicted molar refractivity (Wildman–Crippen MR) is 115 cm³/mol. The molecule has 0 spiro atoms. The monoisotopic (exact) mass is 438 g/mol. The Kier molecular flexibility index (Phi) is 5.98. The van der Waals surface area contributed by atoms with E-state index in [0.717, 1.165) is 19.3 Å². The van der Waals surface area contributed by atoms with Crippen molar-refractivity contribution in [3.8, 4) is 0 Å². The van der Waals surface area contributed by atoms with Gasteiger partial charge in [-0.05, 0) is 36.1 Å². The van der Waals surface area contributed by atoms with Crippen LogP contribution in [0.1, 0.15) is 42.9 Å². The molecule has 1 aliphatic heterocycles. The molecule has 2 aromatic rings. The number of nitro benzene ring substituents is 1. The number of nitro groups is 1. The molecule has 1 atom stereocenters. The number of amides is 2. The Hall–Kier alpha value is -3.62. The molecule has 2 amide bonds. The summed E-state index contributed by atoms with van der Waals surface area (Å²) < 4.78 is 13.4. The number of non-ortho nitro benzene ring substituents is 1. The molecule has 0 N–H and O–H groups in total. The van der Waals surface area contributed by atoms with Crippen LogP contribution in [-0.4, -0.2) is 46.0 Å². The summed E-state index contributed by atoms with van der Waals surface area (Å²) in [4.78, 5) is 37.8. The van der Waals surface area contributed by atoms with E-state index in [0.29, 0.717) is 23.3 Å². The number of likely N-dealkylation sites (N-methyl/N-ethyl adjacent to an activating group) is 1. The molecule has 0 radical (unpaired) electrons. The molecule has 4 rings (SSSR count). The van der Waals surface area contributed by atoms with E-state index >= 15 is 0 Å². The van der Waals surface area contributed by atoms with Crippen LogP contribution in [-0.2, 0) is 9.59 Å². The van der Waals surface area contributed by atoms with Gasteiger partial charge in [0.1, 0.15) is 12.4 Å². The first-order valence-electron chi connectivity index (χ1n) is 10.5. The SMILES string of the molecule is CN(CC(=O)N1N=C(c2ccc(F)cc2)C[C@@H]1c1cccc([N+](=O)[O-])c1)C(=O)C1CCC1. The maximum Gasteiger partial charge on any atom is 0.269 e. The maximum atomic E-state index is 13.4. The predicted octanol–water partition coefficient (Wildman–Crippen LogP) is 3.67. The zero-order valence-electron chi connectivity index (χ0n) is 17.6. The van der Waals surface area contributed by atoms with Crippen molar-refractivity contribution in [2.75, 3.05) is 13.6 Å². The van der Waals surface area contributed by atoms with Gasteiger partial charge in [-0.3, -0.25) is 19.7 Å². The Balaban J connectivity index is 1.61. The van der Waals surface area contributed by atoms with Crippen molar-refractivity contribution in [3.05, 3.63) is 75.6 Å². The van der Waals surface area contributed by atoms with Gasteiger partial charge < -0.3 is 4.90 Å². The first-order valence-corrected chi connectivity index (χ1v) is 10.5. The van der Waals surface area contributed by atoms with Gasteiger partial charge in [-0.25, -0.2) is 9.40 Å². The van der Waals surface area contributed by atoms with Gasteiger partial charge in [0, 0.05) is 31.5 Å². The smallest absolute Gasteiger partial charge is 0.269 e. The fourth-order valence-electron chi connectivity index (χ4n) is 3.98. The Bertz CT molecular complexity index is 1080. The van der Waals surface area contributed by atoms with Crippen molar-refractivity contribution in [3.63, 3.8) is 0 Å². The molecule has 0 bridgehead atoms. The summed E-state index contributed by atoms with van der Waals surface area (Å²) in [6, 6.07) is 11.3. The second-order valence-electron chi connectivity index (χ2n) is 8.19. The van der Waals surface area contributed by atoms with Crippen LogP contribution in [0.5, 0.6) is 0 Å². The van der Waals surface area contributed by atoms with E-state index in [1.54, 1.807) is 31.3 Å². The van der Waals surface area contributed by atoms with Gasteiger partial charge in [0.15, 0.2) is 0 Å². The van der Waals surface area contributed by atoms with Crippen LogP contribution in [0.25, 0.3) is 0 Å². The van der Waals surface area contributed by atoms with E-state index in [2.05, 4.69) is 5.10 Å². The number of nitrogens with zero attached hydrogens (tertiary/aromatic N) is 4. The van der Waals surface area contributed by atoms with Crippen molar-refractivity contribution < 1.29 is 18.9 Å². The standard InChI is InChI=1S/C23H23FN4O4/c1-26(23(30)16-4-2-5-16)14-22(29)27-21(17-6-3-7-19(12-17)28(31)32)13-20(25-27)15-8-10-18(24)11-9-15/h3,6-12,16,21H,2,4-5,13-14H2,1H3/t21-/m1/s1. The molecule has 0 unspecified atom stereocenters. The minimum absolute atomic E-state index is 0.0303. The molecule has 1 fully saturated rings. The van der Waals surface area contributed by atoms with Gasteiger partial charge in [-0.2, -0.15) is 5.10 Å². The largest absolute Gasteiger partial charge is 0.336 e. The molecule has 0 saturated heterocycles. The highest BCUT2D eigenvalue weighted by Crippen LogP contribution is 2.34. The van der Waals surface area contributed by atoms with Crippen molar-refractivity contribution in [2.24, 2.45) is 11.0 Å². The van der Waals surface area contributed by atoms with Crippen LogP contribution in [0, 0.1) is 21.8 Å². The third-order valence-electron chi connectivity index (χ3n) is 6.01. The summed E-state index contributed by atoms with van der Waals surface area (Å²) in [5.41, 5.74) is 1.72. The second-order valence-corrected chi connectivity index (χ2v) is 8.19. The Morgan fingerprint density at radius 3 is 2.56 bits per heavy atom. The summed E-state index contributed by atoms with van der Waals surface area (Å²) in [6.45, 7) is -0.138. The second kappa shape index (κ2) is 8.86. The molecule has 2 aliphatic rings. The zero-order chi connectivity index (χ0) is 22.8. The Labute approximate surface area is 184 Å². The molecule has 1 saturated carbocycles. The maximum absolute atomic E-state index is 13.4. The Morgan fingerprint density at radius 2 is 1.94 bits per heavy atom.